The Kier molecular flexibility index (Phi) is 4.05. The Morgan fingerprint density at radius 2 is 1.87 bits per heavy atom. The maximum atomic E-state index is 12.8. The number of nitrogens with one attached hydrogen (secondary N) is 2. The van der Waals surface area contributed by atoms with Crippen LogP contribution in [0.1, 0.15) is 0 Å². The lowest BCUT2D eigenvalue weighted by Crippen LogP contribution is -2.20. The highest BCUT2D eigenvalue weighted by Crippen LogP contribution is 2.18. The molecule has 3 aromatic rings. The zero-order valence-electron chi connectivity index (χ0n) is 12.0. The first kappa shape index (κ1) is 14.8. The third-order valence-corrected chi connectivity index (χ3v) is 3.19. The van der Waals surface area contributed by atoms with Gasteiger partial charge in [-0.15, -0.1) is 0 Å². The average molecular weight is 312 g/mol. The fourth-order valence-corrected chi connectivity index (χ4v) is 2.10. The number of carbonyl (C=O) groups excluding carboxylic acids is 1. The van der Waals surface area contributed by atoms with Gasteiger partial charge in [-0.25, -0.2) is 4.39 Å². The number of halogens is 1. The maximum Gasteiger partial charge on any atom is 0.262 e. The minimum absolute atomic E-state index is 0.174. The molecule has 1 heterocycles. The first-order valence-corrected chi connectivity index (χ1v) is 6.91. The average Bonchev–Trinajstić information content (AvgIpc) is 2.55. The molecule has 116 valence electrons. The van der Waals surface area contributed by atoms with Gasteiger partial charge in [-0.05, 0) is 48.5 Å². The van der Waals surface area contributed by atoms with Gasteiger partial charge < -0.3 is 15.0 Å². The third kappa shape index (κ3) is 3.74. The molecule has 0 radical (unpaired) electrons. The van der Waals surface area contributed by atoms with Gasteiger partial charge in [0.25, 0.3) is 5.91 Å². The van der Waals surface area contributed by atoms with Crippen LogP contribution in [-0.4, -0.2) is 17.5 Å². The number of rotatable bonds is 4. The molecule has 6 heteroatoms. The van der Waals surface area contributed by atoms with E-state index in [2.05, 4.69) is 10.3 Å². The summed E-state index contributed by atoms with van der Waals surface area (Å²) < 4.78 is 18.2. The van der Waals surface area contributed by atoms with Crippen LogP contribution in [0.3, 0.4) is 0 Å². The van der Waals surface area contributed by atoms with Gasteiger partial charge in [0.15, 0.2) is 6.61 Å². The number of amides is 1. The number of hydrogen-bond donors (Lipinski definition) is 2. The molecule has 0 saturated heterocycles. The molecule has 0 bridgehead atoms. The Labute approximate surface area is 130 Å². The van der Waals surface area contributed by atoms with Gasteiger partial charge in [-0.2, -0.15) is 0 Å². The number of carbonyl (C=O) groups is 1. The molecule has 0 fully saturated rings. The highest BCUT2D eigenvalue weighted by molar-refractivity contribution is 5.91. The lowest BCUT2D eigenvalue weighted by atomic mass is 10.2. The van der Waals surface area contributed by atoms with E-state index in [4.69, 9.17) is 4.74 Å². The molecule has 2 N–H and O–H groups in total. The van der Waals surface area contributed by atoms with Crippen LogP contribution < -0.4 is 15.6 Å². The van der Waals surface area contributed by atoms with Gasteiger partial charge >= 0.3 is 0 Å². The van der Waals surface area contributed by atoms with Crippen LogP contribution in [0.25, 0.3) is 10.9 Å². The number of anilines is 1. The first-order chi connectivity index (χ1) is 11.1. The molecule has 0 aliphatic carbocycles. The van der Waals surface area contributed by atoms with Crippen molar-refractivity contribution in [3.05, 3.63) is 70.8 Å². The van der Waals surface area contributed by atoms with Gasteiger partial charge in [0, 0.05) is 22.7 Å². The van der Waals surface area contributed by atoms with Crippen molar-refractivity contribution < 1.29 is 13.9 Å². The fourth-order valence-electron chi connectivity index (χ4n) is 2.10. The standard InChI is InChI=1S/C17H13FN2O3/c18-12-2-4-13(5-3-12)19-17(22)10-23-14-6-7-15-11(9-14)1-8-16(21)20-15/h1-9H,10H2,(H,19,22)(H,20,21). The summed E-state index contributed by atoms with van der Waals surface area (Å²) in [6, 6.07) is 13.7. The van der Waals surface area contributed by atoms with Crippen LogP contribution in [0.15, 0.2) is 59.4 Å². The summed E-state index contributed by atoms with van der Waals surface area (Å²) in [5.74, 6) is -0.203. The minimum Gasteiger partial charge on any atom is -0.484 e. The molecular formula is C17H13FN2O3. The molecule has 1 aromatic heterocycles. The highest BCUT2D eigenvalue weighted by atomic mass is 19.1. The lowest BCUT2D eigenvalue weighted by molar-refractivity contribution is -0.118. The van der Waals surface area contributed by atoms with E-state index < -0.39 is 0 Å². The molecule has 3 rings (SSSR count). The molecule has 23 heavy (non-hydrogen) atoms. The summed E-state index contributed by atoms with van der Waals surface area (Å²) >= 11 is 0. The molecule has 5 nitrogen and oxygen atoms in total. The molecule has 0 aliphatic rings. The predicted octanol–water partition coefficient (Wildman–Crippen LogP) is 2.68. The topological polar surface area (TPSA) is 71.2 Å². The van der Waals surface area contributed by atoms with Gasteiger partial charge in [0.2, 0.25) is 5.56 Å². The van der Waals surface area contributed by atoms with Gasteiger partial charge in [-0.3, -0.25) is 9.59 Å². The zero-order valence-corrected chi connectivity index (χ0v) is 12.0. The normalized spacial score (nSPS) is 10.5. The van der Waals surface area contributed by atoms with E-state index >= 15 is 0 Å². The van der Waals surface area contributed by atoms with Crippen LogP contribution in [0.4, 0.5) is 10.1 Å². The SMILES string of the molecule is O=C(COc1ccc2[nH]c(=O)ccc2c1)Nc1ccc(F)cc1. The largest absolute Gasteiger partial charge is 0.484 e. The van der Waals surface area contributed by atoms with Crippen molar-refractivity contribution in [2.75, 3.05) is 11.9 Å². The molecule has 0 atom stereocenters. The summed E-state index contributed by atoms with van der Waals surface area (Å²) in [5, 5.41) is 3.41. The van der Waals surface area contributed by atoms with Crippen molar-refractivity contribution in [3.63, 3.8) is 0 Å². The Balaban J connectivity index is 1.63. The Morgan fingerprint density at radius 1 is 1.09 bits per heavy atom. The van der Waals surface area contributed by atoms with Crippen LogP contribution in [0.2, 0.25) is 0 Å². The van der Waals surface area contributed by atoms with Crippen LogP contribution in [0, 0.1) is 5.82 Å². The number of aromatic nitrogens is 1. The molecule has 0 saturated carbocycles. The lowest BCUT2D eigenvalue weighted by Gasteiger charge is -2.08. The summed E-state index contributed by atoms with van der Waals surface area (Å²) in [5.41, 5.74) is 1.02. The van der Waals surface area contributed by atoms with Crippen molar-refractivity contribution in [1.29, 1.82) is 0 Å². The van der Waals surface area contributed by atoms with Crippen LogP contribution in [-0.2, 0) is 4.79 Å². The maximum absolute atomic E-state index is 12.8. The number of H-pyrrole nitrogens is 1. The molecule has 0 unspecified atom stereocenters. The van der Waals surface area contributed by atoms with E-state index in [9.17, 15) is 14.0 Å². The Hall–Kier alpha value is -3.15. The Bertz CT molecular complexity index is 904. The van der Waals surface area contributed by atoms with E-state index in [1.165, 1.54) is 30.3 Å². The van der Waals surface area contributed by atoms with E-state index in [1.54, 1.807) is 24.3 Å². The number of fused-ring (bicyclic) bond motifs is 1. The highest BCUT2D eigenvalue weighted by Gasteiger charge is 2.05. The number of pyridine rings is 1. The van der Waals surface area contributed by atoms with Crippen molar-refractivity contribution in [1.82, 2.24) is 4.98 Å². The second-order valence-electron chi connectivity index (χ2n) is 4.92. The summed E-state index contributed by atoms with van der Waals surface area (Å²) in [6.07, 6.45) is 0. The van der Waals surface area contributed by atoms with Crippen molar-refractivity contribution in [3.8, 4) is 5.75 Å². The molecule has 0 spiro atoms. The third-order valence-electron chi connectivity index (χ3n) is 3.19. The quantitative estimate of drug-likeness (QED) is 0.778. The Morgan fingerprint density at radius 3 is 2.65 bits per heavy atom. The van der Waals surface area contributed by atoms with E-state index in [0.717, 1.165) is 5.39 Å². The van der Waals surface area contributed by atoms with Crippen molar-refractivity contribution in [2.24, 2.45) is 0 Å². The van der Waals surface area contributed by atoms with Gasteiger partial charge in [0.1, 0.15) is 11.6 Å². The second-order valence-corrected chi connectivity index (χ2v) is 4.92. The smallest absolute Gasteiger partial charge is 0.262 e. The van der Waals surface area contributed by atoms with E-state index in [0.29, 0.717) is 17.0 Å². The van der Waals surface area contributed by atoms with Crippen molar-refractivity contribution in [2.45, 2.75) is 0 Å². The number of ether oxygens (including phenoxy) is 1. The monoisotopic (exact) mass is 312 g/mol. The predicted molar refractivity (Wildman–Crippen MR) is 85.1 cm³/mol. The van der Waals surface area contributed by atoms with Crippen LogP contribution >= 0.6 is 0 Å². The van der Waals surface area contributed by atoms with E-state index in [1.807, 2.05) is 0 Å². The summed E-state index contributed by atoms with van der Waals surface area (Å²) in [4.78, 5) is 25.7. The van der Waals surface area contributed by atoms with Crippen LogP contribution in [0.5, 0.6) is 5.75 Å². The fraction of sp³-hybridized carbons (Fsp3) is 0.0588. The zero-order chi connectivity index (χ0) is 16.2. The van der Waals surface area contributed by atoms with Gasteiger partial charge in [-0.1, -0.05) is 0 Å². The number of hydrogen-bond acceptors (Lipinski definition) is 3. The summed E-state index contributed by atoms with van der Waals surface area (Å²) in [7, 11) is 0. The van der Waals surface area contributed by atoms with E-state index in [-0.39, 0.29) is 23.9 Å². The van der Waals surface area contributed by atoms with Gasteiger partial charge in [0.05, 0.1) is 0 Å². The first-order valence-electron chi connectivity index (χ1n) is 6.91. The second kappa shape index (κ2) is 6.31. The molecular weight excluding hydrogens is 299 g/mol. The number of benzene rings is 2. The molecule has 1 amide bonds. The molecule has 2 aromatic carbocycles. The number of aromatic amines is 1. The summed E-state index contributed by atoms with van der Waals surface area (Å²) in [6.45, 7) is -0.174. The minimum atomic E-state index is -0.367. The van der Waals surface area contributed by atoms with Crippen molar-refractivity contribution >= 4 is 22.5 Å². The molecule has 0 aliphatic heterocycles.